The molecule has 0 bridgehead atoms. The number of alkyl halides is 3. The number of ether oxygens (including phenoxy) is 2. The fourth-order valence-corrected chi connectivity index (χ4v) is 1.44. The monoisotopic (exact) mass is 257 g/mol. The van der Waals surface area contributed by atoms with Crippen LogP contribution in [0.1, 0.15) is 0 Å². The summed E-state index contributed by atoms with van der Waals surface area (Å²) in [6.45, 7) is 0.727. The molecule has 1 heterocycles. The Bertz CT molecular complexity index is 272. The van der Waals surface area contributed by atoms with E-state index in [1.165, 1.54) is 0 Å². The standard InChI is InChI=1S/C8H14F3N3O3/c9-8(10,11)17-4-2-14-1-3-16-6(5-14)7(12)13-15/h6,15H,1-5H2,(H2,12,13). The van der Waals surface area contributed by atoms with Crippen molar-refractivity contribution in [1.82, 2.24) is 4.90 Å². The van der Waals surface area contributed by atoms with E-state index in [4.69, 9.17) is 15.7 Å². The minimum Gasteiger partial charge on any atom is -0.409 e. The van der Waals surface area contributed by atoms with Gasteiger partial charge < -0.3 is 15.7 Å². The van der Waals surface area contributed by atoms with Gasteiger partial charge in [-0.15, -0.1) is 13.2 Å². The summed E-state index contributed by atoms with van der Waals surface area (Å²) in [7, 11) is 0. The topological polar surface area (TPSA) is 80.3 Å². The van der Waals surface area contributed by atoms with Gasteiger partial charge in [-0.1, -0.05) is 5.16 Å². The molecule has 9 heteroatoms. The summed E-state index contributed by atoms with van der Waals surface area (Å²) in [6, 6.07) is 0. The Balaban J connectivity index is 2.30. The zero-order valence-electron chi connectivity index (χ0n) is 8.98. The first-order valence-corrected chi connectivity index (χ1v) is 4.94. The smallest absolute Gasteiger partial charge is 0.409 e. The molecule has 0 aromatic carbocycles. The quantitative estimate of drug-likeness (QED) is 0.320. The molecule has 1 atom stereocenters. The Morgan fingerprint density at radius 1 is 1.59 bits per heavy atom. The molecule has 0 aromatic rings. The molecule has 17 heavy (non-hydrogen) atoms. The molecule has 0 amide bonds. The summed E-state index contributed by atoms with van der Waals surface area (Å²) < 4.78 is 44.0. The van der Waals surface area contributed by atoms with Gasteiger partial charge >= 0.3 is 6.36 Å². The maximum absolute atomic E-state index is 11.7. The minimum absolute atomic E-state index is 0.0913. The molecule has 1 aliphatic rings. The van der Waals surface area contributed by atoms with Gasteiger partial charge in [0.05, 0.1) is 13.2 Å². The molecule has 1 unspecified atom stereocenters. The Kier molecular flexibility index (Phi) is 4.97. The van der Waals surface area contributed by atoms with Crippen LogP contribution in [0.25, 0.3) is 0 Å². The van der Waals surface area contributed by atoms with Crippen LogP contribution in [0.15, 0.2) is 5.16 Å². The van der Waals surface area contributed by atoms with Gasteiger partial charge in [0, 0.05) is 19.6 Å². The lowest BCUT2D eigenvalue weighted by atomic mass is 10.2. The van der Waals surface area contributed by atoms with Crippen LogP contribution < -0.4 is 5.73 Å². The first-order chi connectivity index (χ1) is 7.92. The van der Waals surface area contributed by atoms with E-state index in [9.17, 15) is 13.2 Å². The Morgan fingerprint density at radius 2 is 2.29 bits per heavy atom. The first kappa shape index (κ1) is 14.0. The predicted octanol–water partition coefficient (Wildman–Crippen LogP) is -0.0300. The van der Waals surface area contributed by atoms with Crippen molar-refractivity contribution >= 4 is 5.84 Å². The summed E-state index contributed by atoms with van der Waals surface area (Å²) in [5, 5.41) is 11.2. The van der Waals surface area contributed by atoms with E-state index in [1.54, 1.807) is 4.90 Å². The van der Waals surface area contributed by atoms with Gasteiger partial charge in [0.2, 0.25) is 0 Å². The van der Waals surface area contributed by atoms with E-state index in [1.807, 2.05) is 0 Å². The van der Waals surface area contributed by atoms with E-state index in [2.05, 4.69) is 9.89 Å². The number of rotatable bonds is 4. The first-order valence-electron chi connectivity index (χ1n) is 4.94. The van der Waals surface area contributed by atoms with Gasteiger partial charge in [-0.2, -0.15) is 0 Å². The van der Waals surface area contributed by atoms with Gasteiger partial charge in [0.25, 0.3) is 0 Å². The highest BCUT2D eigenvalue weighted by molar-refractivity contribution is 5.84. The lowest BCUT2D eigenvalue weighted by molar-refractivity contribution is -0.325. The normalized spacial score (nSPS) is 23.9. The second kappa shape index (κ2) is 6.03. The molecule has 3 N–H and O–H groups in total. The molecule has 1 aliphatic heterocycles. The summed E-state index contributed by atoms with van der Waals surface area (Å²) >= 11 is 0. The van der Waals surface area contributed by atoms with Crippen LogP contribution in [0.5, 0.6) is 0 Å². The van der Waals surface area contributed by atoms with Gasteiger partial charge in [0.15, 0.2) is 5.84 Å². The van der Waals surface area contributed by atoms with Crippen molar-refractivity contribution in [3.05, 3.63) is 0 Å². The average Bonchev–Trinajstić information content (AvgIpc) is 2.27. The molecule has 1 rings (SSSR count). The van der Waals surface area contributed by atoms with Crippen molar-refractivity contribution in [2.75, 3.05) is 32.8 Å². The molecule has 100 valence electrons. The highest BCUT2D eigenvalue weighted by Crippen LogP contribution is 2.16. The third-order valence-electron chi connectivity index (χ3n) is 2.27. The molecular weight excluding hydrogens is 243 g/mol. The number of nitrogens with zero attached hydrogens (tertiary/aromatic N) is 2. The molecule has 1 saturated heterocycles. The molecule has 0 aliphatic carbocycles. The lowest BCUT2D eigenvalue weighted by Gasteiger charge is -2.31. The largest absolute Gasteiger partial charge is 0.522 e. The molecule has 0 aromatic heterocycles. The Labute approximate surface area is 95.8 Å². The summed E-state index contributed by atoms with van der Waals surface area (Å²) in [4.78, 5) is 1.69. The van der Waals surface area contributed by atoms with Crippen molar-refractivity contribution in [2.45, 2.75) is 12.5 Å². The highest BCUT2D eigenvalue weighted by atomic mass is 19.4. The molecular formula is C8H14F3N3O3. The number of hydrogen-bond acceptors (Lipinski definition) is 5. The SMILES string of the molecule is NC(=NO)C1CN(CCOC(F)(F)F)CCO1. The second-order valence-electron chi connectivity index (χ2n) is 3.48. The van der Waals surface area contributed by atoms with Crippen LogP contribution in [0.3, 0.4) is 0 Å². The highest BCUT2D eigenvalue weighted by Gasteiger charge is 2.30. The number of nitrogens with two attached hydrogens (primary N) is 1. The maximum atomic E-state index is 11.7. The van der Waals surface area contributed by atoms with Gasteiger partial charge in [-0.05, 0) is 0 Å². The van der Waals surface area contributed by atoms with Crippen LogP contribution in [-0.4, -0.2) is 61.3 Å². The van der Waals surface area contributed by atoms with E-state index in [0.717, 1.165) is 0 Å². The van der Waals surface area contributed by atoms with E-state index >= 15 is 0 Å². The number of halogens is 3. The van der Waals surface area contributed by atoms with Gasteiger partial charge in [0.1, 0.15) is 6.10 Å². The van der Waals surface area contributed by atoms with Crippen LogP contribution >= 0.6 is 0 Å². The maximum Gasteiger partial charge on any atom is 0.522 e. The van der Waals surface area contributed by atoms with Crippen molar-refractivity contribution in [3.63, 3.8) is 0 Å². The number of oxime groups is 1. The Hall–Kier alpha value is -1.06. The second-order valence-corrected chi connectivity index (χ2v) is 3.48. The number of hydrogen-bond donors (Lipinski definition) is 2. The summed E-state index contributed by atoms with van der Waals surface area (Å²) in [5.74, 6) is -0.0913. The fourth-order valence-electron chi connectivity index (χ4n) is 1.44. The fraction of sp³-hybridized carbons (Fsp3) is 0.875. The van der Waals surface area contributed by atoms with Crippen LogP contribution in [0.2, 0.25) is 0 Å². The molecule has 0 radical (unpaired) electrons. The predicted molar refractivity (Wildman–Crippen MR) is 51.6 cm³/mol. The number of amidine groups is 1. The molecule has 1 fully saturated rings. The van der Waals surface area contributed by atoms with E-state index < -0.39 is 19.1 Å². The third-order valence-corrected chi connectivity index (χ3v) is 2.27. The van der Waals surface area contributed by atoms with Crippen LogP contribution in [0.4, 0.5) is 13.2 Å². The van der Waals surface area contributed by atoms with Gasteiger partial charge in [-0.25, -0.2) is 0 Å². The third kappa shape index (κ3) is 5.20. The molecule has 0 spiro atoms. The van der Waals surface area contributed by atoms with Crippen molar-refractivity contribution in [3.8, 4) is 0 Å². The zero-order chi connectivity index (χ0) is 12.9. The number of morpholine rings is 1. The van der Waals surface area contributed by atoms with E-state index in [0.29, 0.717) is 13.2 Å². The van der Waals surface area contributed by atoms with E-state index in [-0.39, 0.29) is 18.9 Å². The molecule has 0 saturated carbocycles. The minimum atomic E-state index is -4.61. The molecule has 6 nitrogen and oxygen atoms in total. The van der Waals surface area contributed by atoms with Crippen LogP contribution in [0, 0.1) is 0 Å². The Morgan fingerprint density at radius 3 is 2.88 bits per heavy atom. The summed E-state index contributed by atoms with van der Waals surface area (Å²) in [6.07, 6.45) is -5.21. The van der Waals surface area contributed by atoms with Crippen molar-refractivity contribution in [2.24, 2.45) is 10.9 Å². The van der Waals surface area contributed by atoms with Gasteiger partial charge in [-0.3, -0.25) is 9.64 Å². The zero-order valence-corrected chi connectivity index (χ0v) is 8.98. The van der Waals surface area contributed by atoms with Crippen molar-refractivity contribution in [1.29, 1.82) is 0 Å². The average molecular weight is 257 g/mol. The van der Waals surface area contributed by atoms with Crippen molar-refractivity contribution < 1.29 is 27.9 Å². The summed E-state index contributed by atoms with van der Waals surface area (Å²) in [5.41, 5.74) is 5.34. The van der Waals surface area contributed by atoms with Crippen LogP contribution in [-0.2, 0) is 9.47 Å². The lowest BCUT2D eigenvalue weighted by Crippen LogP contribution is -2.49.